The molecule has 1 atom stereocenters. The number of nitrogens with one attached hydrogen (secondary N) is 2. The molecule has 0 spiro atoms. The summed E-state index contributed by atoms with van der Waals surface area (Å²) in [4.78, 5) is 18.7. The molecule has 0 aliphatic heterocycles. The smallest absolute Gasteiger partial charge is 0.250 e. The minimum atomic E-state index is -0.188. The molecule has 0 saturated heterocycles. The largest absolute Gasteiger partial charge is 0.396 e. The first kappa shape index (κ1) is 15.7. The Hall–Kier alpha value is -2.18. The number of aromatic amines is 1. The average molecular weight is 374 g/mol. The van der Waals surface area contributed by atoms with Crippen LogP contribution in [-0.2, 0) is 0 Å². The number of hydrogen-bond acceptors (Lipinski definition) is 4. The lowest BCUT2D eigenvalue weighted by atomic mass is 10.0. The third kappa shape index (κ3) is 3.60. The zero-order valence-electron chi connectivity index (χ0n) is 12.3. The molecule has 0 aliphatic carbocycles. The van der Waals surface area contributed by atoms with Gasteiger partial charge in [0.25, 0.3) is 5.56 Å². The van der Waals surface area contributed by atoms with Gasteiger partial charge in [-0.2, -0.15) is 0 Å². The number of anilines is 1. The Morgan fingerprint density at radius 3 is 2.78 bits per heavy atom. The van der Waals surface area contributed by atoms with Gasteiger partial charge in [-0.1, -0.05) is 28.1 Å². The molecule has 2 aromatic heterocycles. The average Bonchev–Trinajstić information content (AvgIpc) is 2.55. The summed E-state index contributed by atoms with van der Waals surface area (Å²) in [6, 6.07) is 11.2. The normalized spacial score (nSPS) is 12.3. The number of benzene rings is 1. The Morgan fingerprint density at radius 2 is 2.04 bits per heavy atom. The summed E-state index contributed by atoms with van der Waals surface area (Å²) in [7, 11) is 0. The molecule has 2 heterocycles. The number of fused-ring (bicyclic) bond motifs is 1. The van der Waals surface area contributed by atoms with Gasteiger partial charge in [0.1, 0.15) is 0 Å². The van der Waals surface area contributed by atoms with Crippen molar-refractivity contribution in [2.45, 2.75) is 12.5 Å². The van der Waals surface area contributed by atoms with Gasteiger partial charge in [0.15, 0.2) is 0 Å². The molecule has 5 nitrogen and oxygen atoms in total. The van der Waals surface area contributed by atoms with Gasteiger partial charge < -0.3 is 15.4 Å². The van der Waals surface area contributed by atoms with Crippen molar-refractivity contribution in [2.24, 2.45) is 0 Å². The van der Waals surface area contributed by atoms with Crippen LogP contribution in [0.5, 0.6) is 0 Å². The molecular formula is C17H16BrN3O2. The quantitative estimate of drug-likeness (QED) is 0.641. The second-order valence-corrected chi connectivity index (χ2v) is 6.14. The van der Waals surface area contributed by atoms with Crippen LogP contribution in [0.4, 0.5) is 5.69 Å². The molecule has 6 heteroatoms. The highest BCUT2D eigenvalue weighted by molar-refractivity contribution is 9.10. The SMILES string of the molecule is O=c1cc(NC(CCO)c2ccc(Br)cc2)c2ccncc2[nH]1. The van der Waals surface area contributed by atoms with E-state index >= 15 is 0 Å². The highest BCUT2D eigenvalue weighted by Gasteiger charge is 2.13. The number of aromatic nitrogens is 2. The van der Waals surface area contributed by atoms with Crippen molar-refractivity contribution in [2.75, 3.05) is 11.9 Å². The molecule has 0 aliphatic rings. The third-order valence-electron chi connectivity index (χ3n) is 3.66. The van der Waals surface area contributed by atoms with E-state index < -0.39 is 0 Å². The van der Waals surface area contributed by atoms with Crippen molar-refractivity contribution in [3.05, 3.63) is 69.2 Å². The molecule has 1 aromatic carbocycles. The van der Waals surface area contributed by atoms with Crippen molar-refractivity contribution in [1.82, 2.24) is 9.97 Å². The van der Waals surface area contributed by atoms with Gasteiger partial charge in [-0.25, -0.2) is 0 Å². The van der Waals surface area contributed by atoms with E-state index in [0.717, 1.165) is 21.1 Å². The van der Waals surface area contributed by atoms with E-state index in [1.165, 1.54) is 6.07 Å². The molecule has 0 fully saturated rings. The van der Waals surface area contributed by atoms with E-state index in [4.69, 9.17) is 0 Å². The van der Waals surface area contributed by atoms with E-state index in [-0.39, 0.29) is 18.2 Å². The number of rotatable bonds is 5. The molecule has 1 unspecified atom stereocenters. The lowest BCUT2D eigenvalue weighted by Gasteiger charge is -2.20. The first-order valence-electron chi connectivity index (χ1n) is 7.27. The van der Waals surface area contributed by atoms with Crippen LogP contribution in [-0.4, -0.2) is 21.7 Å². The van der Waals surface area contributed by atoms with Crippen molar-refractivity contribution in [3.63, 3.8) is 0 Å². The fraction of sp³-hybridized carbons (Fsp3) is 0.176. The summed E-state index contributed by atoms with van der Waals surface area (Å²) < 4.78 is 0.997. The summed E-state index contributed by atoms with van der Waals surface area (Å²) in [5.74, 6) is 0. The van der Waals surface area contributed by atoms with Gasteiger partial charge in [-0.05, 0) is 30.2 Å². The predicted octanol–water partition coefficient (Wildman–Crippen LogP) is 3.22. The number of hydrogen-bond donors (Lipinski definition) is 3. The monoisotopic (exact) mass is 373 g/mol. The van der Waals surface area contributed by atoms with Crippen LogP contribution >= 0.6 is 15.9 Å². The lowest BCUT2D eigenvalue weighted by Crippen LogP contribution is -2.15. The molecule has 0 saturated carbocycles. The Balaban J connectivity index is 2.00. The van der Waals surface area contributed by atoms with Gasteiger partial charge in [0.2, 0.25) is 0 Å². The first-order valence-corrected chi connectivity index (χ1v) is 8.06. The van der Waals surface area contributed by atoms with E-state index in [1.54, 1.807) is 12.4 Å². The van der Waals surface area contributed by atoms with Crippen LogP contribution in [0.1, 0.15) is 18.0 Å². The van der Waals surface area contributed by atoms with E-state index in [2.05, 4.69) is 31.2 Å². The summed E-state index contributed by atoms with van der Waals surface area (Å²) in [6.45, 7) is 0.0520. The Bertz CT molecular complexity index is 862. The number of pyridine rings is 2. The first-order chi connectivity index (χ1) is 11.2. The highest BCUT2D eigenvalue weighted by atomic mass is 79.9. The third-order valence-corrected chi connectivity index (χ3v) is 4.19. The lowest BCUT2D eigenvalue weighted by molar-refractivity contribution is 0.280. The molecule has 3 N–H and O–H groups in total. The van der Waals surface area contributed by atoms with Crippen LogP contribution in [0.3, 0.4) is 0 Å². The molecule has 0 radical (unpaired) electrons. The Kier molecular flexibility index (Phi) is 4.73. The topological polar surface area (TPSA) is 78.0 Å². The molecule has 23 heavy (non-hydrogen) atoms. The second-order valence-electron chi connectivity index (χ2n) is 5.23. The molecular weight excluding hydrogens is 358 g/mol. The molecule has 3 aromatic rings. The van der Waals surface area contributed by atoms with Crippen LogP contribution in [0, 0.1) is 0 Å². The summed E-state index contributed by atoms with van der Waals surface area (Å²) in [6.07, 6.45) is 3.86. The second kappa shape index (κ2) is 6.93. The van der Waals surface area contributed by atoms with Crippen molar-refractivity contribution in [3.8, 4) is 0 Å². The Labute approximate surface area is 141 Å². The van der Waals surface area contributed by atoms with Crippen LogP contribution in [0.15, 0.2) is 58.1 Å². The number of nitrogens with zero attached hydrogens (tertiary/aromatic N) is 1. The maximum atomic E-state index is 11.8. The van der Waals surface area contributed by atoms with Gasteiger partial charge >= 0.3 is 0 Å². The van der Waals surface area contributed by atoms with Gasteiger partial charge in [0, 0.05) is 34.4 Å². The standard InChI is InChI=1S/C17H16BrN3O2/c18-12-3-1-11(2-4-12)14(6-8-22)20-15-9-17(23)21-16-10-19-7-5-13(15)16/h1-5,7,9-10,14,22H,6,8H2,(H2,20,21,23). The van der Waals surface area contributed by atoms with E-state index in [9.17, 15) is 9.90 Å². The fourth-order valence-corrected chi connectivity index (χ4v) is 2.82. The minimum absolute atomic E-state index is 0.0520. The van der Waals surface area contributed by atoms with Crippen LogP contribution < -0.4 is 10.9 Å². The fourth-order valence-electron chi connectivity index (χ4n) is 2.56. The van der Waals surface area contributed by atoms with Gasteiger partial charge in [-0.3, -0.25) is 9.78 Å². The molecule has 3 rings (SSSR count). The summed E-state index contributed by atoms with van der Waals surface area (Å²) in [5.41, 5.74) is 2.27. The van der Waals surface area contributed by atoms with Crippen molar-refractivity contribution < 1.29 is 5.11 Å². The number of aliphatic hydroxyl groups excluding tert-OH is 1. The molecule has 0 amide bonds. The van der Waals surface area contributed by atoms with Crippen molar-refractivity contribution in [1.29, 1.82) is 0 Å². The molecule has 0 bridgehead atoms. The number of aliphatic hydroxyl groups is 1. The van der Waals surface area contributed by atoms with Gasteiger partial charge in [-0.15, -0.1) is 0 Å². The summed E-state index contributed by atoms with van der Waals surface area (Å²) >= 11 is 3.42. The zero-order chi connectivity index (χ0) is 16.2. The summed E-state index contributed by atoms with van der Waals surface area (Å²) in [5, 5.41) is 13.6. The van der Waals surface area contributed by atoms with Crippen LogP contribution in [0.25, 0.3) is 10.9 Å². The Morgan fingerprint density at radius 1 is 1.26 bits per heavy atom. The van der Waals surface area contributed by atoms with Gasteiger partial charge in [0.05, 0.1) is 17.8 Å². The predicted molar refractivity (Wildman–Crippen MR) is 94.6 cm³/mol. The number of H-pyrrole nitrogens is 1. The molecule has 118 valence electrons. The highest BCUT2D eigenvalue weighted by Crippen LogP contribution is 2.27. The minimum Gasteiger partial charge on any atom is -0.396 e. The van der Waals surface area contributed by atoms with Crippen LogP contribution in [0.2, 0.25) is 0 Å². The number of halogens is 1. The maximum absolute atomic E-state index is 11.8. The zero-order valence-corrected chi connectivity index (χ0v) is 13.9. The maximum Gasteiger partial charge on any atom is 0.250 e. The van der Waals surface area contributed by atoms with Crippen molar-refractivity contribution >= 4 is 32.5 Å². The van der Waals surface area contributed by atoms with E-state index in [0.29, 0.717) is 11.9 Å². The van der Waals surface area contributed by atoms with E-state index in [1.807, 2.05) is 30.3 Å².